The van der Waals surface area contributed by atoms with Gasteiger partial charge in [0.25, 0.3) is 0 Å². The minimum absolute atomic E-state index is 0. The second kappa shape index (κ2) is 9.39. The third-order valence-corrected chi connectivity index (χ3v) is 5.46. The van der Waals surface area contributed by atoms with Crippen LogP contribution in [-0.4, -0.2) is 68.3 Å². The summed E-state index contributed by atoms with van der Waals surface area (Å²) in [5, 5.41) is 3.18. The number of amides is 1. The monoisotopic (exact) mass is 384 g/mol. The molecule has 1 aromatic heterocycles. The Labute approximate surface area is 149 Å². The van der Waals surface area contributed by atoms with Gasteiger partial charge in [-0.3, -0.25) is 9.78 Å². The summed E-state index contributed by atoms with van der Waals surface area (Å²) in [7, 11) is -0.567. The van der Waals surface area contributed by atoms with Crippen LogP contribution in [0, 0.1) is 0 Å². The number of hydrogen-bond donors (Lipinski definition) is 1. The number of aromatic nitrogens is 1. The van der Waals surface area contributed by atoms with E-state index < -0.39 is 10.0 Å². The van der Waals surface area contributed by atoms with Crippen molar-refractivity contribution in [1.29, 1.82) is 0 Å². The lowest BCUT2D eigenvalue weighted by atomic mass is 10.2. The van der Waals surface area contributed by atoms with Gasteiger partial charge in [-0.2, -0.15) is 4.31 Å². The van der Waals surface area contributed by atoms with Crippen LogP contribution in [0.4, 0.5) is 0 Å². The van der Waals surface area contributed by atoms with E-state index in [1.807, 2.05) is 0 Å². The van der Waals surface area contributed by atoms with Crippen molar-refractivity contribution in [3.63, 3.8) is 0 Å². The molecule has 7 nitrogen and oxygen atoms in total. The lowest BCUT2D eigenvalue weighted by Crippen LogP contribution is -2.44. The second-order valence-corrected chi connectivity index (χ2v) is 7.15. The minimum atomic E-state index is -3.68. The van der Waals surface area contributed by atoms with Crippen LogP contribution in [0.5, 0.6) is 0 Å². The van der Waals surface area contributed by atoms with E-state index >= 15 is 0 Å². The standard InChI is InChI=1S/C13H20N4O3S.2ClH/c1-16(21(19,20)12-4-3-6-14-9-12)10-13(18)17(2)11-5-7-15-8-11;;/h3-4,6,9,11,15H,5,7-8,10H2,1-2H3;2*1H. The average Bonchev–Trinajstić information content (AvgIpc) is 3.01. The fraction of sp³-hybridized carbons (Fsp3) is 0.538. The number of nitrogens with one attached hydrogen (secondary N) is 1. The quantitative estimate of drug-likeness (QED) is 0.792. The maximum absolute atomic E-state index is 12.3. The highest BCUT2D eigenvalue weighted by Gasteiger charge is 2.28. The van der Waals surface area contributed by atoms with Crippen molar-refractivity contribution in [3.8, 4) is 0 Å². The van der Waals surface area contributed by atoms with E-state index in [0.717, 1.165) is 23.8 Å². The highest BCUT2D eigenvalue weighted by atomic mass is 35.5. The zero-order valence-corrected chi connectivity index (χ0v) is 15.5. The summed E-state index contributed by atoms with van der Waals surface area (Å²) >= 11 is 0. The van der Waals surface area contributed by atoms with Crippen LogP contribution < -0.4 is 5.32 Å². The van der Waals surface area contributed by atoms with E-state index in [4.69, 9.17) is 0 Å². The Balaban J connectivity index is 0.00000242. The van der Waals surface area contributed by atoms with Crippen molar-refractivity contribution < 1.29 is 13.2 Å². The number of carbonyl (C=O) groups excluding carboxylic acids is 1. The average molecular weight is 385 g/mol. The van der Waals surface area contributed by atoms with E-state index in [2.05, 4.69) is 10.3 Å². The Morgan fingerprint density at radius 3 is 2.61 bits per heavy atom. The predicted octanol–water partition coefficient (Wildman–Crippen LogP) is 0.366. The fourth-order valence-corrected chi connectivity index (χ4v) is 3.33. The molecule has 2 rings (SSSR count). The smallest absolute Gasteiger partial charge is 0.244 e. The first-order valence-corrected chi connectivity index (χ1v) is 8.19. The summed E-state index contributed by atoms with van der Waals surface area (Å²) < 4.78 is 25.7. The van der Waals surface area contributed by atoms with Gasteiger partial charge in [0.05, 0.1) is 6.54 Å². The van der Waals surface area contributed by atoms with Crippen molar-refractivity contribution in [3.05, 3.63) is 24.5 Å². The molecule has 0 spiro atoms. The highest BCUT2D eigenvalue weighted by Crippen LogP contribution is 2.13. The first-order chi connectivity index (χ1) is 9.93. The molecular weight excluding hydrogens is 363 g/mol. The van der Waals surface area contributed by atoms with Crippen LogP contribution in [0.1, 0.15) is 6.42 Å². The summed E-state index contributed by atoms with van der Waals surface area (Å²) in [4.78, 5) is 17.7. The number of carbonyl (C=O) groups is 1. The number of pyridine rings is 1. The zero-order valence-electron chi connectivity index (χ0n) is 13.0. The third kappa shape index (κ3) is 5.29. The molecule has 1 amide bonds. The van der Waals surface area contributed by atoms with Crippen molar-refractivity contribution in [2.45, 2.75) is 17.4 Å². The Kier molecular flexibility index (Phi) is 9.01. The predicted molar refractivity (Wildman–Crippen MR) is 92.6 cm³/mol. The van der Waals surface area contributed by atoms with Gasteiger partial charge in [0, 0.05) is 39.1 Å². The number of hydrogen-bond acceptors (Lipinski definition) is 5. The third-order valence-electron chi connectivity index (χ3n) is 3.68. The maximum atomic E-state index is 12.3. The number of nitrogens with zero attached hydrogens (tertiary/aromatic N) is 3. The molecular formula is C13H22Cl2N4O3S. The van der Waals surface area contributed by atoms with Crippen molar-refractivity contribution >= 4 is 40.7 Å². The number of likely N-dealkylation sites (N-methyl/N-ethyl adjacent to an activating group) is 2. The molecule has 0 saturated carbocycles. The van der Waals surface area contributed by atoms with Gasteiger partial charge in [-0.1, -0.05) is 0 Å². The molecule has 23 heavy (non-hydrogen) atoms. The SMILES string of the molecule is CN(C(=O)CN(C)S(=O)(=O)c1cccnc1)C1CCNC1.Cl.Cl. The van der Waals surface area contributed by atoms with E-state index in [-0.39, 0.29) is 48.2 Å². The van der Waals surface area contributed by atoms with Crippen LogP contribution in [0.2, 0.25) is 0 Å². The number of halogens is 2. The fourth-order valence-electron chi connectivity index (χ4n) is 2.24. The van der Waals surface area contributed by atoms with Gasteiger partial charge in [-0.05, 0) is 25.1 Å². The van der Waals surface area contributed by atoms with Gasteiger partial charge < -0.3 is 10.2 Å². The van der Waals surface area contributed by atoms with E-state index in [1.54, 1.807) is 18.0 Å². The molecule has 1 atom stereocenters. The minimum Gasteiger partial charge on any atom is -0.340 e. The topological polar surface area (TPSA) is 82.6 Å². The Morgan fingerprint density at radius 2 is 2.09 bits per heavy atom. The van der Waals surface area contributed by atoms with Gasteiger partial charge in [0.1, 0.15) is 4.90 Å². The van der Waals surface area contributed by atoms with Gasteiger partial charge in [-0.25, -0.2) is 8.42 Å². The molecule has 1 N–H and O–H groups in total. The molecule has 0 bridgehead atoms. The lowest BCUT2D eigenvalue weighted by molar-refractivity contribution is -0.131. The maximum Gasteiger partial charge on any atom is 0.244 e. The largest absolute Gasteiger partial charge is 0.340 e. The van der Waals surface area contributed by atoms with Gasteiger partial charge in [-0.15, -0.1) is 24.8 Å². The highest BCUT2D eigenvalue weighted by molar-refractivity contribution is 7.89. The molecule has 2 heterocycles. The molecule has 0 radical (unpaired) electrons. The van der Waals surface area contributed by atoms with E-state index in [9.17, 15) is 13.2 Å². The Bertz CT molecular complexity index is 594. The summed E-state index contributed by atoms with van der Waals surface area (Å²) in [6.45, 7) is 1.46. The van der Waals surface area contributed by atoms with Gasteiger partial charge in [0.15, 0.2) is 0 Å². The Hall–Kier alpha value is -0.930. The molecule has 132 valence electrons. The summed E-state index contributed by atoms with van der Waals surface area (Å²) in [5.41, 5.74) is 0. The van der Waals surface area contributed by atoms with Crippen LogP contribution in [0.15, 0.2) is 29.4 Å². The molecule has 1 aliphatic rings. The summed E-state index contributed by atoms with van der Waals surface area (Å²) in [6.07, 6.45) is 3.67. The summed E-state index contributed by atoms with van der Waals surface area (Å²) in [5.74, 6) is -0.210. The van der Waals surface area contributed by atoms with Crippen LogP contribution in [0.3, 0.4) is 0 Å². The van der Waals surface area contributed by atoms with E-state index in [0.29, 0.717) is 0 Å². The molecule has 1 saturated heterocycles. The van der Waals surface area contributed by atoms with Crippen molar-refractivity contribution in [2.24, 2.45) is 0 Å². The molecule has 1 fully saturated rings. The van der Waals surface area contributed by atoms with Crippen LogP contribution in [0.25, 0.3) is 0 Å². The Morgan fingerprint density at radius 1 is 1.39 bits per heavy atom. The zero-order chi connectivity index (χ0) is 15.5. The summed E-state index contributed by atoms with van der Waals surface area (Å²) in [6, 6.07) is 3.15. The number of rotatable bonds is 5. The van der Waals surface area contributed by atoms with Crippen LogP contribution in [-0.2, 0) is 14.8 Å². The van der Waals surface area contributed by atoms with Crippen LogP contribution >= 0.6 is 24.8 Å². The molecule has 0 aliphatic carbocycles. The van der Waals surface area contributed by atoms with Crippen molar-refractivity contribution in [1.82, 2.24) is 19.5 Å². The second-order valence-electron chi connectivity index (χ2n) is 5.10. The molecule has 0 aromatic carbocycles. The first kappa shape index (κ1) is 22.1. The van der Waals surface area contributed by atoms with Gasteiger partial charge >= 0.3 is 0 Å². The lowest BCUT2D eigenvalue weighted by Gasteiger charge is -2.26. The normalized spacial score (nSPS) is 17.3. The number of sulfonamides is 1. The van der Waals surface area contributed by atoms with E-state index in [1.165, 1.54) is 25.5 Å². The van der Waals surface area contributed by atoms with Gasteiger partial charge in [0.2, 0.25) is 15.9 Å². The molecule has 10 heteroatoms. The first-order valence-electron chi connectivity index (χ1n) is 6.75. The van der Waals surface area contributed by atoms with Crippen molar-refractivity contribution in [2.75, 3.05) is 33.7 Å². The molecule has 1 unspecified atom stereocenters. The molecule has 1 aliphatic heterocycles. The molecule has 1 aromatic rings.